The molecule has 0 spiro atoms. The number of hydrogen-bond acceptors (Lipinski definition) is 6. The smallest absolute Gasteiger partial charge is 0.276 e. The molecule has 0 bridgehead atoms. The van der Waals surface area contributed by atoms with Crippen LogP contribution in [0.3, 0.4) is 0 Å². The largest absolute Gasteiger partial charge is 0.360 e. The summed E-state index contributed by atoms with van der Waals surface area (Å²) in [6.45, 7) is 1.13. The Bertz CT molecular complexity index is 933. The summed E-state index contributed by atoms with van der Waals surface area (Å²) in [7, 11) is 0. The fourth-order valence-electron chi connectivity index (χ4n) is 3.97. The molecule has 27 heavy (non-hydrogen) atoms. The van der Waals surface area contributed by atoms with Gasteiger partial charge in [-0.1, -0.05) is 5.16 Å². The maximum atomic E-state index is 12.9. The highest BCUT2D eigenvalue weighted by molar-refractivity contribution is 7.98. The number of nitrogens with zero attached hydrogens (tertiary/aromatic N) is 4. The quantitative estimate of drug-likeness (QED) is 0.801. The van der Waals surface area contributed by atoms with Crippen LogP contribution in [-0.2, 0) is 18.7 Å². The van der Waals surface area contributed by atoms with E-state index in [1.165, 1.54) is 0 Å². The third-order valence-electron chi connectivity index (χ3n) is 5.65. The van der Waals surface area contributed by atoms with Gasteiger partial charge in [-0.25, -0.2) is 4.68 Å². The fourth-order valence-corrected chi connectivity index (χ4v) is 4.93. The molecule has 2 aromatic heterocycles. The van der Waals surface area contributed by atoms with Gasteiger partial charge < -0.3 is 9.42 Å². The molecule has 8 heteroatoms. The molecule has 2 aromatic rings. The second kappa shape index (κ2) is 6.82. The SMILES string of the molecule is O=C(c1cc(C2CC2)on1)N1CCCC1Cn1nc2c(cc1=O)CSCC2. The average molecular weight is 386 g/mol. The minimum atomic E-state index is -0.101. The standard InChI is InChI=1S/C19H22N4O3S/c24-18-8-13-11-27-7-5-15(13)20-23(18)10-14-2-1-6-22(14)19(25)16-9-17(26-21-16)12-3-4-12/h8-9,12,14H,1-7,10-11H2. The molecular weight excluding hydrogens is 364 g/mol. The molecule has 142 valence electrons. The molecule has 1 saturated carbocycles. The average Bonchev–Trinajstić information content (AvgIpc) is 3.23. The minimum absolute atomic E-state index is 0.0280. The van der Waals surface area contributed by atoms with Crippen molar-refractivity contribution in [3.63, 3.8) is 0 Å². The van der Waals surface area contributed by atoms with Crippen LogP contribution < -0.4 is 5.56 Å². The van der Waals surface area contributed by atoms with Crippen molar-refractivity contribution < 1.29 is 9.32 Å². The van der Waals surface area contributed by atoms with E-state index in [2.05, 4.69) is 10.3 Å². The molecule has 2 fully saturated rings. The minimum Gasteiger partial charge on any atom is -0.360 e. The second-order valence-corrected chi connectivity index (χ2v) is 8.73. The molecule has 2 aliphatic heterocycles. The van der Waals surface area contributed by atoms with Crippen LogP contribution >= 0.6 is 11.8 Å². The first kappa shape index (κ1) is 17.0. The predicted octanol–water partition coefficient (Wildman–Crippen LogP) is 2.20. The predicted molar refractivity (Wildman–Crippen MR) is 101 cm³/mol. The van der Waals surface area contributed by atoms with Crippen molar-refractivity contribution in [2.24, 2.45) is 0 Å². The first-order valence-corrected chi connectivity index (χ1v) is 10.8. The Balaban J connectivity index is 1.35. The number of carbonyl (C=O) groups excluding carboxylic acids is 1. The molecule has 1 unspecified atom stereocenters. The number of hydrogen-bond donors (Lipinski definition) is 0. The van der Waals surface area contributed by atoms with Crippen molar-refractivity contribution in [2.75, 3.05) is 12.3 Å². The van der Waals surface area contributed by atoms with Gasteiger partial charge >= 0.3 is 0 Å². The van der Waals surface area contributed by atoms with Crippen LogP contribution in [0.15, 0.2) is 21.5 Å². The molecule has 7 nitrogen and oxygen atoms in total. The topological polar surface area (TPSA) is 81.2 Å². The van der Waals surface area contributed by atoms with Gasteiger partial charge in [0, 0.05) is 36.8 Å². The highest BCUT2D eigenvalue weighted by Crippen LogP contribution is 2.40. The van der Waals surface area contributed by atoms with Crippen molar-refractivity contribution in [1.29, 1.82) is 0 Å². The van der Waals surface area contributed by atoms with Gasteiger partial charge in [0.1, 0.15) is 5.76 Å². The summed E-state index contributed by atoms with van der Waals surface area (Å²) < 4.78 is 6.88. The third kappa shape index (κ3) is 3.31. The highest BCUT2D eigenvalue weighted by Gasteiger charge is 2.34. The van der Waals surface area contributed by atoms with E-state index in [1.807, 2.05) is 16.7 Å². The number of likely N-dealkylation sites (tertiary alicyclic amines) is 1. The normalized spacial score (nSPS) is 22.1. The Labute approximate surface area is 161 Å². The van der Waals surface area contributed by atoms with Gasteiger partial charge in [-0.2, -0.15) is 16.9 Å². The third-order valence-corrected chi connectivity index (χ3v) is 6.66. The van der Waals surface area contributed by atoms with E-state index in [4.69, 9.17) is 4.52 Å². The molecule has 1 atom stereocenters. The molecular formula is C19H22N4O3S. The zero-order valence-corrected chi connectivity index (χ0v) is 15.9. The fraction of sp³-hybridized carbons (Fsp3) is 0.579. The lowest BCUT2D eigenvalue weighted by Gasteiger charge is -2.24. The summed E-state index contributed by atoms with van der Waals surface area (Å²) in [5.41, 5.74) is 2.39. The van der Waals surface area contributed by atoms with E-state index in [1.54, 1.807) is 16.8 Å². The Morgan fingerprint density at radius 1 is 1.30 bits per heavy atom. The number of fused-ring (bicyclic) bond motifs is 1. The van der Waals surface area contributed by atoms with Crippen molar-refractivity contribution in [3.05, 3.63) is 45.2 Å². The maximum absolute atomic E-state index is 12.9. The van der Waals surface area contributed by atoms with Crippen LogP contribution in [0.5, 0.6) is 0 Å². The first-order valence-electron chi connectivity index (χ1n) is 9.64. The molecule has 1 saturated heterocycles. The van der Waals surface area contributed by atoms with Crippen LogP contribution in [0.2, 0.25) is 0 Å². The van der Waals surface area contributed by atoms with E-state index >= 15 is 0 Å². The van der Waals surface area contributed by atoms with Crippen LogP contribution in [-0.4, -0.2) is 44.1 Å². The summed E-state index contributed by atoms with van der Waals surface area (Å²) in [4.78, 5) is 27.2. The van der Waals surface area contributed by atoms with Crippen LogP contribution in [0, 0.1) is 0 Å². The van der Waals surface area contributed by atoms with Crippen molar-refractivity contribution in [3.8, 4) is 0 Å². The number of amides is 1. The summed E-state index contributed by atoms with van der Waals surface area (Å²) in [6.07, 6.45) is 4.93. The van der Waals surface area contributed by atoms with Gasteiger partial charge in [-0.05, 0) is 37.0 Å². The molecule has 4 heterocycles. The number of carbonyl (C=O) groups is 1. The van der Waals surface area contributed by atoms with E-state index in [0.717, 1.165) is 60.6 Å². The summed E-state index contributed by atoms with van der Waals surface area (Å²) >= 11 is 1.84. The zero-order valence-electron chi connectivity index (χ0n) is 15.1. The molecule has 1 aliphatic carbocycles. The highest BCUT2D eigenvalue weighted by atomic mass is 32.2. The monoisotopic (exact) mass is 386 g/mol. The molecule has 0 aromatic carbocycles. The maximum Gasteiger partial charge on any atom is 0.276 e. The molecule has 5 rings (SSSR count). The summed E-state index contributed by atoms with van der Waals surface area (Å²) in [6, 6.07) is 3.48. The Morgan fingerprint density at radius 3 is 3.04 bits per heavy atom. The van der Waals surface area contributed by atoms with Crippen molar-refractivity contribution in [2.45, 2.75) is 56.4 Å². The Hall–Kier alpha value is -2.09. The van der Waals surface area contributed by atoms with Crippen LogP contribution in [0.4, 0.5) is 0 Å². The summed E-state index contributed by atoms with van der Waals surface area (Å²) in [5.74, 6) is 3.06. The lowest BCUT2D eigenvalue weighted by Crippen LogP contribution is -2.41. The number of rotatable bonds is 4. The van der Waals surface area contributed by atoms with Crippen molar-refractivity contribution >= 4 is 17.7 Å². The van der Waals surface area contributed by atoms with Crippen molar-refractivity contribution in [1.82, 2.24) is 19.8 Å². The number of aryl methyl sites for hydroxylation is 1. The summed E-state index contributed by atoms with van der Waals surface area (Å²) in [5, 5.41) is 8.58. The van der Waals surface area contributed by atoms with Gasteiger partial charge in [0.25, 0.3) is 11.5 Å². The van der Waals surface area contributed by atoms with E-state index < -0.39 is 0 Å². The lowest BCUT2D eigenvalue weighted by molar-refractivity contribution is 0.0709. The molecule has 0 N–H and O–H groups in total. The van der Waals surface area contributed by atoms with Crippen LogP contribution in [0.25, 0.3) is 0 Å². The van der Waals surface area contributed by atoms with Crippen LogP contribution in [0.1, 0.15) is 59.1 Å². The lowest BCUT2D eigenvalue weighted by atomic mass is 10.2. The molecule has 3 aliphatic rings. The second-order valence-electron chi connectivity index (χ2n) is 7.62. The number of thioether (sulfide) groups is 1. The van der Waals surface area contributed by atoms with E-state index in [0.29, 0.717) is 24.7 Å². The van der Waals surface area contributed by atoms with E-state index in [9.17, 15) is 9.59 Å². The van der Waals surface area contributed by atoms with Gasteiger partial charge in [0.05, 0.1) is 18.3 Å². The Kier molecular flexibility index (Phi) is 4.30. The van der Waals surface area contributed by atoms with Gasteiger partial charge in [-0.3, -0.25) is 9.59 Å². The molecule has 1 amide bonds. The Morgan fingerprint density at radius 2 is 2.19 bits per heavy atom. The van der Waals surface area contributed by atoms with Gasteiger partial charge in [-0.15, -0.1) is 0 Å². The molecule has 0 radical (unpaired) electrons. The zero-order chi connectivity index (χ0) is 18.4. The number of aromatic nitrogens is 3. The van der Waals surface area contributed by atoms with Gasteiger partial charge in [0.2, 0.25) is 0 Å². The van der Waals surface area contributed by atoms with Gasteiger partial charge in [0.15, 0.2) is 5.69 Å². The first-order chi connectivity index (χ1) is 13.2. The van der Waals surface area contributed by atoms with E-state index in [-0.39, 0.29) is 17.5 Å².